The lowest BCUT2D eigenvalue weighted by molar-refractivity contribution is -0.183. The summed E-state index contributed by atoms with van der Waals surface area (Å²) in [7, 11) is -2.14. The Morgan fingerprint density at radius 1 is 1.37 bits per heavy atom. The van der Waals surface area contributed by atoms with Gasteiger partial charge in [0, 0.05) is 13.3 Å². The van der Waals surface area contributed by atoms with E-state index in [9.17, 15) is 9.36 Å². The molecule has 6 heteroatoms. The van der Waals surface area contributed by atoms with Gasteiger partial charge in [-0.1, -0.05) is 30.3 Å². The summed E-state index contributed by atoms with van der Waals surface area (Å²) in [5.74, 6) is -0.193. The fraction of sp³-hybridized carbons (Fsp3) is 0.462. The highest BCUT2D eigenvalue weighted by molar-refractivity contribution is 7.37. The van der Waals surface area contributed by atoms with Crippen molar-refractivity contribution in [3.63, 3.8) is 0 Å². The van der Waals surface area contributed by atoms with Crippen LogP contribution in [-0.4, -0.2) is 35.2 Å². The normalized spacial score (nSPS) is 11.2. The summed E-state index contributed by atoms with van der Waals surface area (Å²) >= 11 is 0. The number of hydrogen-bond acceptors (Lipinski definition) is 3. The molecule has 0 saturated carbocycles. The molecule has 1 amide bonds. The number of rotatable bonds is 8. The number of amides is 1. The Labute approximate surface area is 114 Å². The zero-order valence-electron chi connectivity index (χ0n) is 11.0. The second-order valence-corrected chi connectivity index (χ2v) is 5.27. The topological polar surface area (TPSA) is 66.8 Å². The minimum absolute atomic E-state index is 0.182. The van der Waals surface area contributed by atoms with Gasteiger partial charge in [0.15, 0.2) is 6.16 Å². The molecular formula is C13H19NO4P+. The van der Waals surface area contributed by atoms with Gasteiger partial charge in [0.25, 0.3) is 0 Å². The Balaban J connectivity index is 2.29. The van der Waals surface area contributed by atoms with Crippen molar-refractivity contribution in [2.45, 2.75) is 19.8 Å². The first-order valence-corrected chi connectivity index (χ1v) is 7.58. The molecule has 0 saturated heterocycles. The maximum absolute atomic E-state index is 11.3. The van der Waals surface area contributed by atoms with E-state index in [1.165, 1.54) is 12.0 Å². The summed E-state index contributed by atoms with van der Waals surface area (Å²) in [5.41, 5.74) is 1.14. The molecular weight excluding hydrogens is 265 g/mol. The van der Waals surface area contributed by atoms with Crippen molar-refractivity contribution < 1.29 is 19.1 Å². The van der Waals surface area contributed by atoms with Gasteiger partial charge in [0.1, 0.15) is 0 Å². The molecule has 0 spiro atoms. The van der Waals surface area contributed by atoms with Crippen LogP contribution in [0.4, 0.5) is 0 Å². The smallest absolute Gasteiger partial charge is 0.273 e. The largest absolute Gasteiger partial charge is 0.505 e. The summed E-state index contributed by atoms with van der Waals surface area (Å²) in [6.45, 7) is 2.17. The quantitative estimate of drug-likeness (QED) is 0.586. The molecule has 0 aromatic heterocycles. The van der Waals surface area contributed by atoms with Gasteiger partial charge in [0.05, 0.1) is 13.2 Å². The minimum Gasteiger partial charge on any atom is -0.273 e. The number of nitrogens with zero attached hydrogens (tertiary/aromatic N) is 1. The second-order valence-electron chi connectivity index (χ2n) is 4.12. The van der Waals surface area contributed by atoms with Crippen LogP contribution in [0.5, 0.6) is 0 Å². The molecule has 1 unspecified atom stereocenters. The predicted molar refractivity (Wildman–Crippen MR) is 72.8 cm³/mol. The summed E-state index contributed by atoms with van der Waals surface area (Å²) in [4.78, 5) is 25.4. The van der Waals surface area contributed by atoms with E-state index in [2.05, 4.69) is 0 Å². The number of hydroxylamine groups is 2. The van der Waals surface area contributed by atoms with Gasteiger partial charge >= 0.3 is 8.03 Å². The SMILES string of the molecule is CC(=O)N(CCC[P+](=O)O)OCCc1ccccc1. The highest BCUT2D eigenvalue weighted by atomic mass is 31.1. The average molecular weight is 284 g/mol. The van der Waals surface area contributed by atoms with Crippen molar-refractivity contribution in [3.05, 3.63) is 35.9 Å². The van der Waals surface area contributed by atoms with E-state index >= 15 is 0 Å². The van der Waals surface area contributed by atoms with Crippen LogP contribution in [0, 0.1) is 0 Å². The van der Waals surface area contributed by atoms with Gasteiger partial charge in [-0.05, 0) is 16.5 Å². The molecule has 0 heterocycles. The van der Waals surface area contributed by atoms with Crippen LogP contribution in [0.1, 0.15) is 18.9 Å². The summed E-state index contributed by atoms with van der Waals surface area (Å²) in [6.07, 6.45) is 1.36. The number of benzene rings is 1. The molecule has 1 N–H and O–H groups in total. The van der Waals surface area contributed by atoms with Gasteiger partial charge in [-0.3, -0.25) is 9.63 Å². The van der Waals surface area contributed by atoms with Crippen LogP contribution in [0.2, 0.25) is 0 Å². The molecule has 104 valence electrons. The lowest BCUT2D eigenvalue weighted by atomic mass is 10.2. The van der Waals surface area contributed by atoms with E-state index in [4.69, 9.17) is 9.73 Å². The molecule has 1 aromatic rings. The van der Waals surface area contributed by atoms with Gasteiger partial charge in [-0.25, -0.2) is 5.06 Å². The second kappa shape index (κ2) is 8.75. The van der Waals surface area contributed by atoms with E-state index in [0.29, 0.717) is 19.6 Å². The van der Waals surface area contributed by atoms with Crippen molar-refractivity contribution in [3.8, 4) is 0 Å². The van der Waals surface area contributed by atoms with Crippen LogP contribution in [0.3, 0.4) is 0 Å². The highest BCUT2D eigenvalue weighted by Crippen LogP contribution is 2.14. The van der Waals surface area contributed by atoms with E-state index in [1.54, 1.807) is 0 Å². The monoisotopic (exact) mass is 284 g/mol. The van der Waals surface area contributed by atoms with Crippen LogP contribution in [0.15, 0.2) is 30.3 Å². The van der Waals surface area contributed by atoms with E-state index in [0.717, 1.165) is 12.0 Å². The van der Waals surface area contributed by atoms with Crippen LogP contribution < -0.4 is 0 Å². The Morgan fingerprint density at radius 2 is 2.05 bits per heavy atom. The average Bonchev–Trinajstić information content (AvgIpc) is 2.37. The summed E-state index contributed by atoms with van der Waals surface area (Å²) in [6, 6.07) is 9.85. The van der Waals surface area contributed by atoms with Gasteiger partial charge in [0.2, 0.25) is 5.91 Å². The molecule has 5 nitrogen and oxygen atoms in total. The first-order chi connectivity index (χ1) is 9.09. The first kappa shape index (κ1) is 15.8. The fourth-order valence-electron chi connectivity index (χ4n) is 1.58. The molecule has 0 aliphatic heterocycles. The fourth-order valence-corrected chi connectivity index (χ4v) is 1.99. The minimum atomic E-state index is -2.14. The lowest BCUT2D eigenvalue weighted by Gasteiger charge is -2.19. The first-order valence-electron chi connectivity index (χ1n) is 6.18. The molecule has 0 bridgehead atoms. The molecule has 0 aliphatic carbocycles. The molecule has 1 rings (SSSR count). The van der Waals surface area contributed by atoms with Gasteiger partial charge < -0.3 is 0 Å². The van der Waals surface area contributed by atoms with Crippen molar-refractivity contribution in [2.75, 3.05) is 19.3 Å². The molecule has 1 atom stereocenters. The van der Waals surface area contributed by atoms with E-state index in [-0.39, 0.29) is 12.1 Å². The number of carbonyl (C=O) groups excluding carboxylic acids is 1. The van der Waals surface area contributed by atoms with Crippen LogP contribution in [0.25, 0.3) is 0 Å². The molecule has 0 fully saturated rings. The maximum atomic E-state index is 11.3. The Morgan fingerprint density at radius 3 is 2.63 bits per heavy atom. The Kier molecular flexibility index (Phi) is 7.26. The Bertz CT molecular complexity index is 410. The maximum Gasteiger partial charge on any atom is 0.505 e. The van der Waals surface area contributed by atoms with E-state index < -0.39 is 8.03 Å². The van der Waals surface area contributed by atoms with Crippen molar-refractivity contribution >= 4 is 13.9 Å². The molecule has 1 aromatic carbocycles. The molecule has 0 aliphatic rings. The van der Waals surface area contributed by atoms with Crippen molar-refractivity contribution in [2.24, 2.45) is 0 Å². The Hall–Kier alpha value is -1.29. The highest BCUT2D eigenvalue weighted by Gasteiger charge is 2.14. The van der Waals surface area contributed by atoms with Crippen molar-refractivity contribution in [1.82, 2.24) is 5.06 Å². The molecule has 0 radical (unpaired) electrons. The zero-order chi connectivity index (χ0) is 14.1. The third kappa shape index (κ3) is 7.01. The lowest BCUT2D eigenvalue weighted by Crippen LogP contribution is -2.31. The molecule has 19 heavy (non-hydrogen) atoms. The van der Waals surface area contributed by atoms with Gasteiger partial charge in [-0.15, -0.1) is 0 Å². The van der Waals surface area contributed by atoms with Crippen molar-refractivity contribution in [1.29, 1.82) is 0 Å². The zero-order valence-corrected chi connectivity index (χ0v) is 11.9. The predicted octanol–water partition coefficient (Wildman–Crippen LogP) is 2.13. The van der Waals surface area contributed by atoms with Crippen LogP contribution >= 0.6 is 8.03 Å². The number of carbonyl (C=O) groups is 1. The third-order valence-corrected chi connectivity index (χ3v) is 3.24. The van der Waals surface area contributed by atoms with E-state index in [1.807, 2.05) is 30.3 Å². The third-order valence-electron chi connectivity index (χ3n) is 2.54. The summed E-state index contributed by atoms with van der Waals surface area (Å²) < 4.78 is 10.6. The summed E-state index contributed by atoms with van der Waals surface area (Å²) in [5, 5.41) is 1.25. The standard InChI is InChI=1S/C13H18NO4P/c1-12(15)14(9-5-11-19(16)17)18-10-8-13-6-3-2-4-7-13/h2-4,6-7H,5,8-11H2,1H3/p+1. The van der Waals surface area contributed by atoms with Crippen LogP contribution in [-0.2, 0) is 20.6 Å². The van der Waals surface area contributed by atoms with Gasteiger partial charge in [-0.2, -0.15) is 4.89 Å². The number of hydrogen-bond donors (Lipinski definition) is 1.